The van der Waals surface area contributed by atoms with Gasteiger partial charge in [-0.15, -0.1) is 0 Å². The summed E-state index contributed by atoms with van der Waals surface area (Å²) in [6.45, 7) is 0.922. The summed E-state index contributed by atoms with van der Waals surface area (Å²) in [5, 5.41) is 4.24. The summed E-state index contributed by atoms with van der Waals surface area (Å²) < 4.78 is 40.6. The molecule has 1 aromatic heterocycles. The van der Waals surface area contributed by atoms with Gasteiger partial charge in [0.25, 0.3) is 0 Å². The van der Waals surface area contributed by atoms with Crippen molar-refractivity contribution in [1.82, 2.24) is 14.7 Å². The topological polar surface area (TPSA) is 38.1 Å². The Kier molecular flexibility index (Phi) is 4.90. The molecule has 7 heteroatoms. The van der Waals surface area contributed by atoms with Crippen molar-refractivity contribution in [1.29, 1.82) is 0 Å². The number of aryl methyl sites for hydroxylation is 1. The number of carbonyl (C=O) groups excluding carboxylic acids is 1. The number of hydrogen-bond acceptors (Lipinski definition) is 2. The predicted molar refractivity (Wildman–Crippen MR) is 102 cm³/mol. The van der Waals surface area contributed by atoms with Crippen LogP contribution < -0.4 is 0 Å². The van der Waals surface area contributed by atoms with Crippen LogP contribution in [0.15, 0.2) is 60.9 Å². The van der Waals surface area contributed by atoms with Gasteiger partial charge in [0.15, 0.2) is 0 Å². The molecule has 0 saturated heterocycles. The summed E-state index contributed by atoms with van der Waals surface area (Å²) in [7, 11) is 1.84. The van der Waals surface area contributed by atoms with Crippen LogP contribution in [0.25, 0.3) is 0 Å². The Morgan fingerprint density at radius 2 is 1.97 bits per heavy atom. The van der Waals surface area contributed by atoms with Crippen LogP contribution in [0, 0.1) is 0 Å². The minimum Gasteiger partial charge on any atom is -0.337 e. The Morgan fingerprint density at radius 1 is 1.17 bits per heavy atom. The van der Waals surface area contributed by atoms with Crippen LogP contribution in [0.5, 0.6) is 0 Å². The number of hydrogen-bond donors (Lipinski definition) is 0. The van der Waals surface area contributed by atoms with E-state index in [-0.39, 0.29) is 18.2 Å². The SMILES string of the molecule is Cn1cc(C2CN(C(=O)Cc3cccc(C(F)(F)F)c3)Cc3ccccc32)cn1. The van der Waals surface area contributed by atoms with Crippen molar-refractivity contribution in [3.63, 3.8) is 0 Å². The van der Waals surface area contributed by atoms with Gasteiger partial charge in [-0.25, -0.2) is 0 Å². The van der Waals surface area contributed by atoms with E-state index < -0.39 is 11.7 Å². The summed E-state index contributed by atoms with van der Waals surface area (Å²) >= 11 is 0. The first-order valence-corrected chi connectivity index (χ1v) is 9.31. The average Bonchev–Trinajstić information content (AvgIpc) is 3.13. The Morgan fingerprint density at radius 3 is 2.69 bits per heavy atom. The van der Waals surface area contributed by atoms with Gasteiger partial charge in [-0.3, -0.25) is 9.48 Å². The van der Waals surface area contributed by atoms with Gasteiger partial charge in [-0.1, -0.05) is 42.5 Å². The zero-order valence-corrected chi connectivity index (χ0v) is 15.9. The quantitative estimate of drug-likeness (QED) is 0.664. The average molecular weight is 399 g/mol. The van der Waals surface area contributed by atoms with Crippen molar-refractivity contribution >= 4 is 5.91 Å². The second-order valence-corrected chi connectivity index (χ2v) is 7.35. The first-order chi connectivity index (χ1) is 13.8. The van der Waals surface area contributed by atoms with E-state index in [0.717, 1.165) is 28.8 Å². The monoisotopic (exact) mass is 399 g/mol. The Bertz CT molecular complexity index is 1040. The van der Waals surface area contributed by atoms with Crippen LogP contribution in [0.3, 0.4) is 0 Å². The number of benzene rings is 2. The van der Waals surface area contributed by atoms with Crippen LogP contribution in [-0.4, -0.2) is 27.1 Å². The largest absolute Gasteiger partial charge is 0.416 e. The highest BCUT2D eigenvalue weighted by Gasteiger charge is 2.32. The molecule has 1 aliphatic heterocycles. The number of carbonyl (C=O) groups is 1. The van der Waals surface area contributed by atoms with Gasteiger partial charge in [0.1, 0.15) is 0 Å². The Balaban J connectivity index is 1.58. The van der Waals surface area contributed by atoms with Crippen LogP contribution in [0.1, 0.15) is 33.7 Å². The molecule has 4 nitrogen and oxygen atoms in total. The van der Waals surface area contributed by atoms with E-state index in [1.54, 1.807) is 21.8 Å². The second-order valence-electron chi connectivity index (χ2n) is 7.35. The Labute approximate surface area is 166 Å². The van der Waals surface area contributed by atoms with Gasteiger partial charge in [0, 0.05) is 32.3 Å². The maximum absolute atomic E-state index is 13.0. The van der Waals surface area contributed by atoms with Crippen molar-refractivity contribution in [2.75, 3.05) is 6.54 Å². The van der Waals surface area contributed by atoms with E-state index >= 15 is 0 Å². The maximum Gasteiger partial charge on any atom is 0.416 e. The first kappa shape index (κ1) is 19.2. The molecule has 0 radical (unpaired) electrons. The molecule has 0 bridgehead atoms. The standard InChI is InChI=1S/C22H20F3N3O/c1-27-12-17(11-26-27)20-14-28(13-16-6-2-3-8-19(16)20)21(29)10-15-5-4-7-18(9-15)22(23,24)25/h2-9,11-12,20H,10,13-14H2,1H3. The number of nitrogens with zero attached hydrogens (tertiary/aromatic N) is 3. The fourth-order valence-corrected chi connectivity index (χ4v) is 3.85. The molecular weight excluding hydrogens is 379 g/mol. The van der Waals surface area contributed by atoms with Gasteiger partial charge in [-0.2, -0.15) is 18.3 Å². The molecule has 0 saturated carbocycles. The van der Waals surface area contributed by atoms with Gasteiger partial charge in [0.05, 0.1) is 18.2 Å². The van der Waals surface area contributed by atoms with Gasteiger partial charge >= 0.3 is 6.18 Å². The van der Waals surface area contributed by atoms with E-state index in [1.807, 2.05) is 31.4 Å². The smallest absolute Gasteiger partial charge is 0.337 e. The summed E-state index contributed by atoms with van der Waals surface area (Å²) in [5.74, 6) is -0.202. The third-order valence-corrected chi connectivity index (χ3v) is 5.28. The predicted octanol–water partition coefficient (Wildman–Crippen LogP) is 4.16. The lowest BCUT2D eigenvalue weighted by Crippen LogP contribution is -2.39. The number of rotatable bonds is 3. The molecule has 1 atom stereocenters. The van der Waals surface area contributed by atoms with Gasteiger partial charge < -0.3 is 4.90 Å². The van der Waals surface area contributed by atoms with Gasteiger partial charge in [0.2, 0.25) is 5.91 Å². The molecule has 4 rings (SSSR count). The fourth-order valence-electron chi connectivity index (χ4n) is 3.85. The number of halogens is 3. The van der Waals surface area contributed by atoms with E-state index in [9.17, 15) is 18.0 Å². The van der Waals surface area contributed by atoms with Crippen LogP contribution >= 0.6 is 0 Å². The van der Waals surface area contributed by atoms with Crippen LogP contribution in [-0.2, 0) is 31.0 Å². The lowest BCUT2D eigenvalue weighted by molar-refractivity contribution is -0.138. The molecule has 1 unspecified atom stereocenters. The molecule has 2 heterocycles. The molecule has 0 fully saturated rings. The van der Waals surface area contributed by atoms with Crippen molar-refractivity contribution in [2.24, 2.45) is 7.05 Å². The third kappa shape index (κ3) is 4.04. The second kappa shape index (κ2) is 7.39. The summed E-state index contributed by atoms with van der Waals surface area (Å²) in [4.78, 5) is 14.7. The van der Waals surface area contributed by atoms with Crippen molar-refractivity contribution < 1.29 is 18.0 Å². The molecule has 0 aliphatic carbocycles. The number of amides is 1. The van der Waals surface area contributed by atoms with E-state index in [1.165, 1.54) is 6.07 Å². The number of fused-ring (bicyclic) bond motifs is 1. The zero-order valence-electron chi connectivity index (χ0n) is 15.9. The minimum atomic E-state index is -4.42. The first-order valence-electron chi connectivity index (χ1n) is 9.31. The lowest BCUT2D eigenvalue weighted by Gasteiger charge is -2.34. The lowest BCUT2D eigenvalue weighted by atomic mass is 9.86. The van der Waals surface area contributed by atoms with Crippen molar-refractivity contribution in [2.45, 2.75) is 25.1 Å². The number of aromatic nitrogens is 2. The molecule has 1 aliphatic rings. The van der Waals surface area contributed by atoms with Crippen molar-refractivity contribution in [3.8, 4) is 0 Å². The highest BCUT2D eigenvalue weighted by Crippen LogP contribution is 2.34. The van der Waals surface area contributed by atoms with Crippen LogP contribution in [0.4, 0.5) is 13.2 Å². The molecule has 150 valence electrons. The Hall–Kier alpha value is -3.09. The minimum absolute atomic E-state index is 0.0147. The maximum atomic E-state index is 13.0. The molecule has 0 N–H and O–H groups in total. The highest BCUT2D eigenvalue weighted by atomic mass is 19.4. The molecule has 2 aromatic carbocycles. The molecule has 3 aromatic rings. The van der Waals surface area contributed by atoms with E-state index in [0.29, 0.717) is 18.7 Å². The third-order valence-electron chi connectivity index (χ3n) is 5.28. The fraction of sp³-hybridized carbons (Fsp3) is 0.273. The van der Waals surface area contributed by atoms with E-state index in [4.69, 9.17) is 0 Å². The summed E-state index contributed by atoms with van der Waals surface area (Å²) in [5.41, 5.74) is 2.84. The molecule has 1 amide bonds. The van der Waals surface area contributed by atoms with Gasteiger partial charge in [-0.05, 0) is 28.3 Å². The zero-order chi connectivity index (χ0) is 20.6. The normalized spacial score (nSPS) is 16.6. The van der Waals surface area contributed by atoms with Crippen molar-refractivity contribution in [3.05, 3.63) is 88.7 Å². The molecular formula is C22H20F3N3O. The molecule has 0 spiro atoms. The summed E-state index contributed by atoms with van der Waals surface area (Å²) in [6, 6.07) is 12.9. The van der Waals surface area contributed by atoms with Crippen LogP contribution in [0.2, 0.25) is 0 Å². The highest BCUT2D eigenvalue weighted by molar-refractivity contribution is 5.79. The number of alkyl halides is 3. The molecule has 29 heavy (non-hydrogen) atoms. The summed E-state index contributed by atoms with van der Waals surface area (Å²) in [6.07, 6.45) is -0.759. The van der Waals surface area contributed by atoms with E-state index in [2.05, 4.69) is 11.2 Å².